The van der Waals surface area contributed by atoms with Crippen molar-refractivity contribution in [3.05, 3.63) is 75.2 Å². The van der Waals surface area contributed by atoms with Crippen LogP contribution in [0.4, 0.5) is 0 Å². The Morgan fingerprint density at radius 1 is 0.821 bits per heavy atom. The number of phenols is 1. The van der Waals surface area contributed by atoms with E-state index in [0.29, 0.717) is 37.3 Å². The first kappa shape index (κ1) is 18.8. The smallest absolute Gasteiger partial charge is 0.262 e. The maximum absolute atomic E-state index is 10.9. The predicted molar refractivity (Wildman–Crippen MR) is 112 cm³/mol. The summed E-state index contributed by atoms with van der Waals surface area (Å²) in [5, 5.41) is 16.2. The number of aryl methyl sites for hydroxylation is 1. The molecule has 7 heteroatoms. The lowest BCUT2D eigenvalue weighted by atomic mass is 9.98. The van der Waals surface area contributed by atoms with Crippen molar-refractivity contribution < 1.29 is 9.63 Å². The molecule has 28 heavy (non-hydrogen) atoms. The average Bonchev–Trinajstić information content (AvgIpc) is 3.13. The van der Waals surface area contributed by atoms with E-state index in [1.807, 2.05) is 31.2 Å². The predicted octanol–water partition coefficient (Wildman–Crippen LogP) is 7.04. The minimum Gasteiger partial charge on any atom is -0.506 e. The van der Waals surface area contributed by atoms with Crippen LogP contribution in [0.5, 0.6) is 5.75 Å². The van der Waals surface area contributed by atoms with E-state index in [-0.39, 0.29) is 17.5 Å². The highest BCUT2D eigenvalue weighted by Crippen LogP contribution is 2.42. The summed E-state index contributed by atoms with van der Waals surface area (Å²) in [5.41, 5.74) is 3.06. The molecular formula is C21H13Cl3N2O2. The number of phenolic OH excluding ortho intramolecular Hbond substituents is 1. The molecule has 4 aromatic rings. The van der Waals surface area contributed by atoms with Crippen LogP contribution in [0.15, 0.2) is 59.1 Å². The molecule has 140 valence electrons. The van der Waals surface area contributed by atoms with Crippen molar-refractivity contribution in [2.45, 2.75) is 6.92 Å². The average molecular weight is 432 g/mol. The normalized spacial score (nSPS) is 11.0. The Labute approximate surface area is 176 Å². The number of benzene rings is 3. The van der Waals surface area contributed by atoms with Crippen molar-refractivity contribution in [1.82, 2.24) is 10.1 Å². The lowest BCUT2D eigenvalue weighted by molar-refractivity contribution is 0.426. The number of aromatic hydroxyl groups is 1. The van der Waals surface area contributed by atoms with Crippen LogP contribution in [-0.2, 0) is 0 Å². The highest BCUT2D eigenvalue weighted by Gasteiger charge is 2.21. The molecule has 0 spiro atoms. The number of rotatable bonds is 3. The van der Waals surface area contributed by atoms with Crippen LogP contribution in [0, 0.1) is 6.92 Å². The van der Waals surface area contributed by atoms with Crippen LogP contribution in [0.2, 0.25) is 15.1 Å². The van der Waals surface area contributed by atoms with Gasteiger partial charge >= 0.3 is 0 Å². The SMILES string of the molecule is Cc1cc(-c2nc(-c3c(Cl)cccc3Cl)no2)c(O)c(-c2ccccc2Cl)c1. The number of nitrogens with zero attached hydrogens (tertiary/aromatic N) is 2. The first-order valence-corrected chi connectivity index (χ1v) is 9.46. The summed E-state index contributed by atoms with van der Waals surface area (Å²) in [5.74, 6) is 0.394. The fourth-order valence-corrected chi connectivity index (χ4v) is 3.78. The van der Waals surface area contributed by atoms with E-state index in [1.165, 1.54) is 0 Å². The van der Waals surface area contributed by atoms with Gasteiger partial charge in [0.25, 0.3) is 5.89 Å². The molecular weight excluding hydrogens is 419 g/mol. The van der Waals surface area contributed by atoms with Gasteiger partial charge in [-0.15, -0.1) is 0 Å². The fraction of sp³-hybridized carbons (Fsp3) is 0.0476. The minimum absolute atomic E-state index is 0.000782. The van der Waals surface area contributed by atoms with E-state index >= 15 is 0 Å². The molecule has 1 heterocycles. The third-order valence-electron chi connectivity index (χ3n) is 4.26. The van der Waals surface area contributed by atoms with E-state index in [2.05, 4.69) is 10.1 Å². The summed E-state index contributed by atoms with van der Waals surface area (Å²) in [7, 11) is 0. The van der Waals surface area contributed by atoms with E-state index in [0.717, 1.165) is 5.56 Å². The Hall–Kier alpha value is -2.53. The fourth-order valence-electron chi connectivity index (χ4n) is 2.97. The van der Waals surface area contributed by atoms with Crippen molar-refractivity contribution in [3.8, 4) is 39.7 Å². The lowest BCUT2D eigenvalue weighted by Crippen LogP contribution is -1.88. The molecule has 0 unspecified atom stereocenters. The summed E-state index contributed by atoms with van der Waals surface area (Å²) in [4.78, 5) is 4.39. The van der Waals surface area contributed by atoms with Crippen LogP contribution in [0.3, 0.4) is 0 Å². The summed E-state index contributed by atoms with van der Waals surface area (Å²) in [6.07, 6.45) is 0. The maximum Gasteiger partial charge on any atom is 0.262 e. The number of halogens is 3. The molecule has 4 rings (SSSR count). The van der Waals surface area contributed by atoms with E-state index in [9.17, 15) is 5.11 Å². The van der Waals surface area contributed by atoms with Gasteiger partial charge in [-0.25, -0.2) is 0 Å². The second kappa shape index (κ2) is 7.47. The Morgan fingerprint density at radius 3 is 2.18 bits per heavy atom. The number of aromatic nitrogens is 2. The molecule has 0 atom stereocenters. The number of hydrogen-bond acceptors (Lipinski definition) is 4. The largest absolute Gasteiger partial charge is 0.506 e. The van der Waals surface area contributed by atoms with Crippen LogP contribution in [0.25, 0.3) is 34.0 Å². The zero-order valence-electron chi connectivity index (χ0n) is 14.6. The molecule has 0 amide bonds. The summed E-state index contributed by atoms with van der Waals surface area (Å²) < 4.78 is 5.40. The molecule has 0 aliphatic carbocycles. The van der Waals surface area contributed by atoms with Gasteiger partial charge in [-0.3, -0.25) is 0 Å². The van der Waals surface area contributed by atoms with Gasteiger partial charge in [0, 0.05) is 16.1 Å². The monoisotopic (exact) mass is 430 g/mol. The first-order chi connectivity index (χ1) is 13.5. The molecule has 3 aromatic carbocycles. The topological polar surface area (TPSA) is 59.2 Å². The maximum atomic E-state index is 10.9. The van der Waals surface area contributed by atoms with Gasteiger partial charge in [-0.2, -0.15) is 4.98 Å². The minimum atomic E-state index is -0.000782. The molecule has 0 fully saturated rings. The Balaban J connectivity index is 1.86. The molecule has 1 aromatic heterocycles. The van der Waals surface area contributed by atoms with Gasteiger partial charge in [-0.1, -0.05) is 64.2 Å². The van der Waals surface area contributed by atoms with Gasteiger partial charge in [0.2, 0.25) is 5.82 Å². The van der Waals surface area contributed by atoms with Gasteiger partial charge in [0.1, 0.15) is 5.75 Å². The highest BCUT2D eigenvalue weighted by molar-refractivity contribution is 6.39. The molecule has 0 aliphatic heterocycles. The van der Waals surface area contributed by atoms with Gasteiger partial charge in [0.15, 0.2) is 0 Å². The second-order valence-electron chi connectivity index (χ2n) is 6.21. The zero-order chi connectivity index (χ0) is 19.8. The molecule has 1 N–H and O–H groups in total. The molecule has 4 nitrogen and oxygen atoms in total. The molecule has 0 bridgehead atoms. The summed E-state index contributed by atoms with van der Waals surface area (Å²) in [6, 6.07) is 16.0. The van der Waals surface area contributed by atoms with Gasteiger partial charge in [-0.05, 0) is 42.8 Å². The quantitative estimate of drug-likeness (QED) is 0.378. The Kier molecular flexibility index (Phi) is 5.02. The number of hydrogen-bond donors (Lipinski definition) is 1. The summed E-state index contributed by atoms with van der Waals surface area (Å²) in [6.45, 7) is 1.91. The third-order valence-corrected chi connectivity index (χ3v) is 5.22. The van der Waals surface area contributed by atoms with Crippen LogP contribution in [0.1, 0.15) is 5.56 Å². The highest BCUT2D eigenvalue weighted by atomic mass is 35.5. The molecule has 0 saturated heterocycles. The van der Waals surface area contributed by atoms with Crippen molar-refractivity contribution >= 4 is 34.8 Å². The van der Waals surface area contributed by atoms with Crippen LogP contribution >= 0.6 is 34.8 Å². The Morgan fingerprint density at radius 2 is 1.46 bits per heavy atom. The van der Waals surface area contributed by atoms with Gasteiger partial charge in [0.05, 0.1) is 21.2 Å². The standard InChI is InChI=1S/C21H13Cl3N2O2/c1-11-9-13(12-5-2-3-6-15(12)22)19(27)14(10-11)21-25-20(26-28-21)18-16(23)7-4-8-17(18)24/h2-10,27H,1H3. The molecule has 0 aliphatic rings. The zero-order valence-corrected chi connectivity index (χ0v) is 16.8. The second-order valence-corrected chi connectivity index (χ2v) is 7.43. The summed E-state index contributed by atoms with van der Waals surface area (Å²) >= 11 is 18.8. The lowest BCUT2D eigenvalue weighted by Gasteiger charge is -2.11. The first-order valence-electron chi connectivity index (χ1n) is 8.32. The van der Waals surface area contributed by atoms with Crippen molar-refractivity contribution in [2.24, 2.45) is 0 Å². The van der Waals surface area contributed by atoms with E-state index in [1.54, 1.807) is 30.3 Å². The van der Waals surface area contributed by atoms with Gasteiger partial charge < -0.3 is 9.63 Å². The van der Waals surface area contributed by atoms with Crippen molar-refractivity contribution in [3.63, 3.8) is 0 Å². The van der Waals surface area contributed by atoms with Crippen LogP contribution in [-0.4, -0.2) is 15.2 Å². The van der Waals surface area contributed by atoms with Crippen molar-refractivity contribution in [1.29, 1.82) is 0 Å². The van der Waals surface area contributed by atoms with Crippen LogP contribution < -0.4 is 0 Å². The third kappa shape index (κ3) is 3.35. The van der Waals surface area contributed by atoms with Crippen molar-refractivity contribution in [2.75, 3.05) is 0 Å². The Bertz CT molecular complexity index is 1170. The molecule has 0 radical (unpaired) electrons. The van der Waals surface area contributed by atoms with E-state index < -0.39 is 0 Å². The van der Waals surface area contributed by atoms with E-state index in [4.69, 9.17) is 39.3 Å². The molecule has 0 saturated carbocycles.